The molecule has 2 nitrogen and oxygen atoms in total. The molecule has 0 aromatic carbocycles. The molecular weight excluding hydrogens is 232 g/mol. The fraction of sp³-hybridized carbons (Fsp3) is 0.882. The van der Waals surface area contributed by atoms with E-state index < -0.39 is 0 Å². The number of allylic oxidation sites excluding steroid dienone is 1. The van der Waals surface area contributed by atoms with Gasteiger partial charge in [0.2, 0.25) is 0 Å². The lowest BCUT2D eigenvalue weighted by molar-refractivity contribution is 0.543. The van der Waals surface area contributed by atoms with E-state index in [0.717, 1.165) is 12.1 Å². The molecule has 0 bridgehead atoms. The monoisotopic (exact) mass is 268 g/mol. The molecule has 0 saturated heterocycles. The van der Waals surface area contributed by atoms with Crippen LogP contribution < -0.4 is 11.5 Å². The summed E-state index contributed by atoms with van der Waals surface area (Å²) in [6.07, 6.45) is 19.6. The van der Waals surface area contributed by atoms with Crippen molar-refractivity contribution in [2.24, 2.45) is 11.5 Å². The van der Waals surface area contributed by atoms with Gasteiger partial charge in [0.1, 0.15) is 0 Å². The Morgan fingerprint density at radius 2 is 1.16 bits per heavy atom. The van der Waals surface area contributed by atoms with Gasteiger partial charge in [-0.15, -0.1) is 0 Å². The van der Waals surface area contributed by atoms with Crippen LogP contribution in [0.4, 0.5) is 0 Å². The van der Waals surface area contributed by atoms with Crippen molar-refractivity contribution >= 4 is 0 Å². The fourth-order valence-corrected chi connectivity index (χ4v) is 2.42. The molecule has 0 saturated carbocycles. The number of hydrogen-bond donors (Lipinski definition) is 2. The fourth-order valence-electron chi connectivity index (χ4n) is 2.42. The predicted octanol–water partition coefficient (Wildman–Crippen LogP) is 4.88. The van der Waals surface area contributed by atoms with E-state index in [1.54, 1.807) is 0 Å². The molecule has 19 heavy (non-hydrogen) atoms. The van der Waals surface area contributed by atoms with E-state index in [1.165, 1.54) is 77.0 Å². The van der Waals surface area contributed by atoms with Gasteiger partial charge in [-0.1, -0.05) is 83.6 Å². The highest BCUT2D eigenvalue weighted by Crippen LogP contribution is 2.13. The number of hydrogen-bond acceptors (Lipinski definition) is 2. The van der Waals surface area contributed by atoms with Crippen LogP contribution >= 0.6 is 0 Å². The van der Waals surface area contributed by atoms with Crippen molar-refractivity contribution in [3.8, 4) is 0 Å². The van der Waals surface area contributed by atoms with Crippen molar-refractivity contribution in [1.29, 1.82) is 0 Å². The number of nitrogens with two attached hydrogens (primary N) is 2. The van der Waals surface area contributed by atoms with Crippen LogP contribution in [0.15, 0.2) is 11.8 Å². The Hall–Kier alpha value is -0.500. The summed E-state index contributed by atoms with van der Waals surface area (Å²) < 4.78 is 0. The summed E-state index contributed by atoms with van der Waals surface area (Å²) in [6, 6.07) is 0. The van der Waals surface area contributed by atoms with E-state index in [2.05, 4.69) is 6.92 Å². The van der Waals surface area contributed by atoms with Crippen LogP contribution in [0.5, 0.6) is 0 Å². The minimum absolute atomic E-state index is 0.574. The Morgan fingerprint density at radius 3 is 1.58 bits per heavy atom. The number of unbranched alkanes of at least 4 members (excludes halogenated alkanes) is 11. The van der Waals surface area contributed by atoms with Crippen LogP contribution in [0.3, 0.4) is 0 Å². The lowest BCUT2D eigenvalue weighted by Crippen LogP contribution is -2.02. The van der Waals surface area contributed by atoms with Gasteiger partial charge in [-0.25, -0.2) is 0 Å². The van der Waals surface area contributed by atoms with Gasteiger partial charge in [-0.2, -0.15) is 0 Å². The Bertz CT molecular complexity index is 199. The molecule has 0 unspecified atom stereocenters. The second-order valence-corrected chi connectivity index (χ2v) is 5.65. The van der Waals surface area contributed by atoms with E-state index in [4.69, 9.17) is 11.5 Å². The summed E-state index contributed by atoms with van der Waals surface area (Å²) in [4.78, 5) is 0. The lowest BCUT2D eigenvalue weighted by atomic mass is 10.0. The van der Waals surface area contributed by atoms with Crippen LogP contribution in [0.25, 0.3) is 0 Å². The van der Waals surface area contributed by atoms with Crippen molar-refractivity contribution in [1.82, 2.24) is 0 Å². The Kier molecular flexibility index (Phi) is 15.1. The second kappa shape index (κ2) is 15.6. The maximum Gasteiger partial charge on any atom is 0.0126 e. The van der Waals surface area contributed by atoms with Crippen molar-refractivity contribution in [2.45, 2.75) is 90.4 Å². The van der Waals surface area contributed by atoms with Crippen LogP contribution in [0.2, 0.25) is 0 Å². The van der Waals surface area contributed by atoms with Gasteiger partial charge < -0.3 is 11.5 Å². The maximum absolute atomic E-state index is 5.80. The smallest absolute Gasteiger partial charge is 0.0126 e. The molecule has 0 aliphatic carbocycles. The highest BCUT2D eigenvalue weighted by molar-refractivity contribution is 4.96. The predicted molar refractivity (Wildman–Crippen MR) is 87.0 cm³/mol. The van der Waals surface area contributed by atoms with Gasteiger partial charge in [0.25, 0.3) is 0 Å². The van der Waals surface area contributed by atoms with E-state index in [1.807, 2.05) is 6.08 Å². The van der Waals surface area contributed by atoms with Gasteiger partial charge in [0.15, 0.2) is 0 Å². The highest BCUT2D eigenvalue weighted by atomic mass is 14.6. The lowest BCUT2D eigenvalue weighted by Gasteiger charge is -2.03. The molecule has 0 heterocycles. The third-order valence-electron chi connectivity index (χ3n) is 3.70. The SMILES string of the molecule is CCCCCCCCCCCCCCC(N)=CCN. The van der Waals surface area contributed by atoms with Crippen molar-refractivity contribution < 1.29 is 0 Å². The minimum atomic E-state index is 0.574. The Labute approximate surface area is 121 Å². The first-order chi connectivity index (χ1) is 9.31. The zero-order valence-corrected chi connectivity index (χ0v) is 13.1. The summed E-state index contributed by atoms with van der Waals surface area (Å²) >= 11 is 0. The van der Waals surface area contributed by atoms with Crippen molar-refractivity contribution in [2.75, 3.05) is 6.54 Å². The van der Waals surface area contributed by atoms with Gasteiger partial charge in [-0.05, 0) is 12.8 Å². The van der Waals surface area contributed by atoms with E-state index in [0.29, 0.717) is 6.54 Å². The first kappa shape index (κ1) is 18.5. The Balaban J connectivity index is 3.05. The van der Waals surface area contributed by atoms with Crippen molar-refractivity contribution in [3.05, 3.63) is 11.8 Å². The van der Waals surface area contributed by atoms with Crippen molar-refractivity contribution in [3.63, 3.8) is 0 Å². The van der Waals surface area contributed by atoms with Gasteiger partial charge in [-0.3, -0.25) is 0 Å². The first-order valence-electron chi connectivity index (χ1n) is 8.45. The zero-order valence-electron chi connectivity index (χ0n) is 13.1. The van der Waals surface area contributed by atoms with E-state index >= 15 is 0 Å². The topological polar surface area (TPSA) is 52.0 Å². The summed E-state index contributed by atoms with van der Waals surface area (Å²) in [5, 5.41) is 0. The van der Waals surface area contributed by atoms with Crippen LogP contribution in [-0.4, -0.2) is 6.54 Å². The van der Waals surface area contributed by atoms with Gasteiger partial charge in [0, 0.05) is 12.2 Å². The quantitative estimate of drug-likeness (QED) is 0.441. The molecule has 0 aromatic heterocycles. The summed E-state index contributed by atoms with van der Waals surface area (Å²) in [5.74, 6) is 0. The standard InChI is InChI=1S/C17H36N2/c1-2-3-4-5-6-7-8-9-10-11-12-13-14-17(19)15-16-18/h15H,2-14,16,18-19H2,1H3. The molecule has 0 aromatic rings. The molecular formula is C17H36N2. The molecule has 2 heteroatoms. The minimum Gasteiger partial charge on any atom is -0.402 e. The molecule has 0 rings (SSSR count). The third-order valence-corrected chi connectivity index (χ3v) is 3.70. The second-order valence-electron chi connectivity index (χ2n) is 5.65. The summed E-state index contributed by atoms with van der Waals surface area (Å²) in [6.45, 7) is 2.85. The molecule has 0 fully saturated rings. The van der Waals surface area contributed by atoms with Gasteiger partial charge >= 0.3 is 0 Å². The van der Waals surface area contributed by atoms with Gasteiger partial charge in [0.05, 0.1) is 0 Å². The van der Waals surface area contributed by atoms with E-state index in [9.17, 15) is 0 Å². The molecule has 114 valence electrons. The molecule has 0 amide bonds. The van der Waals surface area contributed by atoms with Crippen LogP contribution in [-0.2, 0) is 0 Å². The zero-order chi connectivity index (χ0) is 14.2. The third kappa shape index (κ3) is 15.4. The average molecular weight is 268 g/mol. The van der Waals surface area contributed by atoms with E-state index in [-0.39, 0.29) is 0 Å². The molecule has 0 radical (unpaired) electrons. The largest absolute Gasteiger partial charge is 0.402 e. The van der Waals surface area contributed by atoms with Crippen LogP contribution in [0, 0.1) is 0 Å². The molecule has 0 spiro atoms. The number of rotatable bonds is 14. The first-order valence-corrected chi connectivity index (χ1v) is 8.45. The Morgan fingerprint density at radius 1 is 0.737 bits per heavy atom. The maximum atomic E-state index is 5.80. The molecule has 0 atom stereocenters. The highest BCUT2D eigenvalue weighted by Gasteiger charge is 1.94. The molecule has 0 aliphatic rings. The van der Waals surface area contributed by atoms with Crippen LogP contribution in [0.1, 0.15) is 90.4 Å². The normalized spacial score (nSPS) is 12.0. The summed E-state index contributed by atoms with van der Waals surface area (Å²) in [5.41, 5.74) is 12.2. The average Bonchev–Trinajstić information content (AvgIpc) is 2.40. The molecule has 0 aliphatic heterocycles. The molecule has 4 N–H and O–H groups in total. The summed E-state index contributed by atoms with van der Waals surface area (Å²) in [7, 11) is 0.